The molecular weight excluding hydrogens is 364 g/mol. The fourth-order valence-corrected chi connectivity index (χ4v) is 5.71. The van der Waals surface area contributed by atoms with Crippen LogP contribution in [0, 0.1) is 0 Å². The molecule has 1 aromatic heterocycles. The Bertz CT molecular complexity index is 732. The number of likely N-dealkylation sites (tertiary alicyclic amines) is 1. The van der Waals surface area contributed by atoms with Gasteiger partial charge in [-0.15, -0.1) is 0 Å². The van der Waals surface area contributed by atoms with E-state index in [1.54, 1.807) is 9.21 Å². The number of likely N-dealkylation sites (N-methyl/N-ethyl adjacent to an activating group) is 1. The van der Waals surface area contributed by atoms with Crippen LogP contribution in [0.5, 0.6) is 0 Å². The lowest BCUT2D eigenvalue weighted by atomic mass is 9.95. The van der Waals surface area contributed by atoms with Crippen molar-refractivity contribution >= 4 is 15.9 Å². The molecule has 0 bridgehead atoms. The van der Waals surface area contributed by atoms with Gasteiger partial charge in [0.15, 0.2) is 0 Å². The third-order valence-corrected chi connectivity index (χ3v) is 7.57. The highest BCUT2D eigenvalue weighted by atomic mass is 32.2. The first-order valence-electron chi connectivity index (χ1n) is 10.0. The minimum Gasteiger partial charge on any atom is -0.356 e. The van der Waals surface area contributed by atoms with Gasteiger partial charge in [0, 0.05) is 38.4 Å². The van der Waals surface area contributed by atoms with Gasteiger partial charge < -0.3 is 14.8 Å². The number of carbonyl (C=O) groups excluding carboxylic acids is 1. The maximum atomic E-state index is 13.4. The van der Waals surface area contributed by atoms with Gasteiger partial charge in [-0.3, -0.25) is 4.79 Å². The molecule has 1 saturated heterocycles. The Balaban J connectivity index is 1.81. The molecule has 8 heteroatoms. The summed E-state index contributed by atoms with van der Waals surface area (Å²) in [6.45, 7) is 2.65. The topological polar surface area (TPSA) is 76.7 Å². The van der Waals surface area contributed by atoms with Gasteiger partial charge in [-0.05, 0) is 45.8 Å². The number of aromatic amines is 1. The molecule has 0 aromatic carbocycles. The average molecular weight is 397 g/mol. The van der Waals surface area contributed by atoms with E-state index in [2.05, 4.69) is 4.98 Å². The van der Waals surface area contributed by atoms with E-state index in [-0.39, 0.29) is 16.8 Å². The Morgan fingerprint density at radius 2 is 1.78 bits per heavy atom. The summed E-state index contributed by atoms with van der Waals surface area (Å²) in [7, 11) is 0.278. The fourth-order valence-electron chi connectivity index (χ4n) is 4.04. The van der Waals surface area contributed by atoms with Crippen molar-refractivity contribution in [3.05, 3.63) is 18.0 Å². The van der Waals surface area contributed by atoms with Crippen LogP contribution in [0.1, 0.15) is 55.4 Å². The number of nitrogens with one attached hydrogen (secondary N) is 1. The van der Waals surface area contributed by atoms with E-state index in [9.17, 15) is 13.2 Å². The smallest absolute Gasteiger partial charge is 0.270 e. The van der Waals surface area contributed by atoms with Crippen LogP contribution in [0.15, 0.2) is 17.2 Å². The minimum absolute atomic E-state index is 0.0522. The highest BCUT2D eigenvalue weighted by Gasteiger charge is 2.33. The number of rotatable bonds is 7. The summed E-state index contributed by atoms with van der Waals surface area (Å²) in [6.07, 6.45) is 8.65. The highest BCUT2D eigenvalue weighted by Crippen LogP contribution is 2.28. The van der Waals surface area contributed by atoms with Crippen molar-refractivity contribution in [3.63, 3.8) is 0 Å². The second kappa shape index (κ2) is 8.75. The quantitative estimate of drug-likeness (QED) is 0.766. The molecule has 1 amide bonds. The summed E-state index contributed by atoms with van der Waals surface area (Å²) in [4.78, 5) is 19.4. The SMILES string of the molecule is CN(C)CCN(C1CCCCC1)S(=O)(=O)c1c[nH]c(C(=O)N2CCCC2)c1. The number of hydrogen-bond acceptors (Lipinski definition) is 4. The molecule has 2 heterocycles. The number of sulfonamides is 1. The van der Waals surface area contributed by atoms with Crippen LogP contribution in [0.2, 0.25) is 0 Å². The fraction of sp³-hybridized carbons (Fsp3) is 0.737. The molecule has 7 nitrogen and oxygen atoms in total. The number of carbonyl (C=O) groups is 1. The van der Waals surface area contributed by atoms with Crippen LogP contribution >= 0.6 is 0 Å². The molecule has 1 saturated carbocycles. The third-order valence-electron chi connectivity index (χ3n) is 5.64. The number of nitrogens with zero attached hydrogens (tertiary/aromatic N) is 3. The monoisotopic (exact) mass is 396 g/mol. The Labute approximate surface area is 162 Å². The lowest BCUT2D eigenvalue weighted by Gasteiger charge is -2.33. The summed E-state index contributed by atoms with van der Waals surface area (Å²) < 4.78 is 28.4. The largest absolute Gasteiger partial charge is 0.356 e. The zero-order valence-corrected chi connectivity index (χ0v) is 17.3. The summed E-state index contributed by atoms with van der Waals surface area (Å²) in [6, 6.07) is 1.57. The summed E-state index contributed by atoms with van der Waals surface area (Å²) >= 11 is 0. The number of H-pyrrole nitrogens is 1. The van der Waals surface area contributed by atoms with Crippen molar-refractivity contribution < 1.29 is 13.2 Å². The first-order valence-corrected chi connectivity index (χ1v) is 11.5. The zero-order chi connectivity index (χ0) is 19.4. The van der Waals surface area contributed by atoms with Gasteiger partial charge in [-0.2, -0.15) is 4.31 Å². The van der Waals surface area contributed by atoms with Crippen molar-refractivity contribution in [3.8, 4) is 0 Å². The van der Waals surface area contributed by atoms with E-state index < -0.39 is 10.0 Å². The van der Waals surface area contributed by atoms with Gasteiger partial charge in [0.25, 0.3) is 5.91 Å². The molecule has 0 radical (unpaired) electrons. The molecule has 1 aliphatic carbocycles. The van der Waals surface area contributed by atoms with E-state index in [1.165, 1.54) is 18.7 Å². The number of aromatic nitrogens is 1. The van der Waals surface area contributed by atoms with Gasteiger partial charge in [0.1, 0.15) is 10.6 Å². The maximum Gasteiger partial charge on any atom is 0.270 e. The van der Waals surface area contributed by atoms with E-state index in [4.69, 9.17) is 0 Å². The lowest BCUT2D eigenvalue weighted by molar-refractivity contribution is 0.0787. The van der Waals surface area contributed by atoms with Gasteiger partial charge >= 0.3 is 0 Å². The molecule has 1 aromatic rings. The van der Waals surface area contributed by atoms with Gasteiger partial charge in [-0.25, -0.2) is 8.42 Å². The second-order valence-corrected chi connectivity index (χ2v) is 9.85. The van der Waals surface area contributed by atoms with E-state index >= 15 is 0 Å². The van der Waals surface area contributed by atoms with E-state index in [0.717, 1.165) is 51.6 Å². The number of amides is 1. The second-order valence-electron chi connectivity index (χ2n) is 7.96. The molecule has 27 heavy (non-hydrogen) atoms. The Morgan fingerprint density at radius 3 is 2.41 bits per heavy atom. The van der Waals surface area contributed by atoms with Crippen LogP contribution in [0.4, 0.5) is 0 Å². The summed E-state index contributed by atoms with van der Waals surface area (Å²) in [5, 5.41) is 0. The standard InChI is InChI=1S/C19H32N4O3S/c1-21(2)12-13-23(16-8-4-3-5-9-16)27(25,26)17-14-18(20-15-17)19(24)22-10-6-7-11-22/h14-16,20H,3-13H2,1-2H3. The summed E-state index contributed by atoms with van der Waals surface area (Å²) in [5.74, 6) is -0.105. The minimum atomic E-state index is -3.63. The zero-order valence-electron chi connectivity index (χ0n) is 16.5. The lowest BCUT2D eigenvalue weighted by Crippen LogP contribution is -2.44. The first kappa shape index (κ1) is 20.4. The molecule has 1 aliphatic heterocycles. The van der Waals surface area contributed by atoms with Crippen molar-refractivity contribution in [1.82, 2.24) is 19.1 Å². The Hall–Kier alpha value is -1.38. The van der Waals surface area contributed by atoms with E-state index in [0.29, 0.717) is 18.8 Å². The van der Waals surface area contributed by atoms with Crippen LogP contribution in [0.3, 0.4) is 0 Å². The Kier molecular flexibility index (Phi) is 6.60. The molecular formula is C19H32N4O3S. The maximum absolute atomic E-state index is 13.4. The molecule has 2 aliphatic rings. The van der Waals surface area contributed by atoms with Crippen molar-refractivity contribution in [2.24, 2.45) is 0 Å². The molecule has 3 rings (SSSR count). The van der Waals surface area contributed by atoms with E-state index in [1.807, 2.05) is 19.0 Å². The van der Waals surface area contributed by atoms with Gasteiger partial charge in [0.05, 0.1) is 0 Å². The van der Waals surface area contributed by atoms with Crippen molar-refractivity contribution in [1.29, 1.82) is 0 Å². The average Bonchev–Trinajstić information content (AvgIpc) is 3.34. The number of hydrogen-bond donors (Lipinski definition) is 1. The molecule has 2 fully saturated rings. The van der Waals surface area contributed by atoms with Crippen LogP contribution in [-0.4, -0.2) is 79.7 Å². The van der Waals surface area contributed by atoms with Crippen molar-refractivity contribution in [2.45, 2.75) is 55.9 Å². The highest BCUT2D eigenvalue weighted by molar-refractivity contribution is 7.89. The first-order chi connectivity index (χ1) is 12.9. The van der Waals surface area contributed by atoms with Gasteiger partial charge in [-0.1, -0.05) is 19.3 Å². The molecule has 0 unspecified atom stereocenters. The van der Waals surface area contributed by atoms with Crippen LogP contribution in [-0.2, 0) is 10.0 Å². The molecule has 0 atom stereocenters. The third kappa shape index (κ3) is 4.73. The molecule has 152 valence electrons. The molecule has 1 N–H and O–H groups in total. The van der Waals surface area contributed by atoms with Crippen LogP contribution in [0.25, 0.3) is 0 Å². The predicted molar refractivity (Wildman–Crippen MR) is 105 cm³/mol. The molecule has 0 spiro atoms. The van der Waals surface area contributed by atoms with Crippen LogP contribution < -0.4 is 0 Å². The summed E-state index contributed by atoms with van der Waals surface area (Å²) in [5.41, 5.74) is 0.367. The predicted octanol–water partition coefficient (Wildman–Crippen LogP) is 2.14. The normalized spacial score (nSPS) is 19.3. The Morgan fingerprint density at radius 1 is 1.11 bits per heavy atom. The van der Waals surface area contributed by atoms with Gasteiger partial charge in [0.2, 0.25) is 10.0 Å². The van der Waals surface area contributed by atoms with Crippen molar-refractivity contribution in [2.75, 3.05) is 40.3 Å².